The number of benzene rings is 2. The zero-order chi connectivity index (χ0) is 18.5. The largest absolute Gasteiger partial charge is 0.465 e. The average Bonchev–Trinajstić information content (AvgIpc) is 2.68. The molecule has 0 aliphatic carbocycles. The van der Waals surface area contributed by atoms with E-state index < -0.39 is 0 Å². The molecule has 0 bridgehead atoms. The van der Waals surface area contributed by atoms with Crippen LogP contribution >= 0.6 is 11.8 Å². The summed E-state index contributed by atoms with van der Waals surface area (Å²) in [5.74, 6) is -0.232. The number of hydrogen-bond acceptors (Lipinski definition) is 5. The third-order valence-electron chi connectivity index (χ3n) is 4.04. The van der Waals surface area contributed by atoms with Crippen molar-refractivity contribution < 1.29 is 9.53 Å². The number of ether oxygens (including phenoxy) is 1. The summed E-state index contributed by atoms with van der Waals surface area (Å²) < 4.78 is 5.11. The van der Waals surface area contributed by atoms with Crippen molar-refractivity contribution in [2.45, 2.75) is 24.0 Å². The summed E-state index contributed by atoms with van der Waals surface area (Å²) in [6, 6.07) is 15.7. The van der Waals surface area contributed by atoms with Gasteiger partial charge in [-0.1, -0.05) is 30.3 Å². The van der Waals surface area contributed by atoms with Gasteiger partial charge in [-0.05, 0) is 36.9 Å². The van der Waals surface area contributed by atoms with Crippen LogP contribution in [0.5, 0.6) is 0 Å². The molecule has 0 N–H and O–H groups in total. The lowest BCUT2D eigenvalue weighted by molar-refractivity contribution is -0.142. The van der Waals surface area contributed by atoms with E-state index in [1.807, 2.05) is 49.4 Å². The normalized spacial score (nSPS) is 11.7. The number of esters is 1. The van der Waals surface area contributed by atoms with E-state index in [9.17, 15) is 10.1 Å². The average molecular weight is 362 g/mol. The number of carbonyl (C=O) groups excluding carboxylic acids is 1. The molecule has 1 unspecified atom stereocenters. The Morgan fingerprint density at radius 2 is 1.96 bits per heavy atom. The van der Waals surface area contributed by atoms with Gasteiger partial charge in [-0.2, -0.15) is 5.26 Å². The molecule has 0 amide bonds. The number of hydrogen-bond donors (Lipinski definition) is 0. The van der Waals surface area contributed by atoms with Crippen molar-refractivity contribution in [2.75, 3.05) is 6.61 Å². The molecular weight excluding hydrogens is 344 g/mol. The smallest absolute Gasteiger partial charge is 0.319 e. The van der Waals surface area contributed by atoms with Gasteiger partial charge in [0.25, 0.3) is 0 Å². The monoisotopic (exact) mass is 362 g/mol. The van der Waals surface area contributed by atoms with Gasteiger partial charge in [0.05, 0.1) is 18.2 Å². The molecular formula is C21H18N2O2S. The van der Waals surface area contributed by atoms with Crippen molar-refractivity contribution in [2.24, 2.45) is 0 Å². The fourth-order valence-corrected chi connectivity index (χ4v) is 3.79. The molecule has 3 rings (SSSR count). The van der Waals surface area contributed by atoms with Crippen molar-refractivity contribution in [3.63, 3.8) is 0 Å². The highest BCUT2D eigenvalue weighted by atomic mass is 32.2. The molecule has 1 heterocycles. The van der Waals surface area contributed by atoms with E-state index in [-0.39, 0.29) is 11.2 Å². The van der Waals surface area contributed by atoms with E-state index in [0.717, 1.165) is 26.8 Å². The highest BCUT2D eigenvalue weighted by molar-refractivity contribution is 8.00. The van der Waals surface area contributed by atoms with Crippen molar-refractivity contribution >= 4 is 28.5 Å². The molecule has 0 fully saturated rings. The predicted octanol–water partition coefficient (Wildman–Crippen LogP) is 4.82. The quantitative estimate of drug-likeness (QED) is 0.481. The van der Waals surface area contributed by atoms with E-state index in [2.05, 4.69) is 11.1 Å². The van der Waals surface area contributed by atoms with Crippen molar-refractivity contribution in [3.8, 4) is 17.2 Å². The molecule has 2 aromatic carbocycles. The molecule has 5 heteroatoms. The molecule has 0 spiro atoms. The van der Waals surface area contributed by atoms with E-state index in [1.54, 1.807) is 19.3 Å². The third-order valence-corrected chi connectivity index (χ3v) is 5.19. The second-order valence-corrected chi connectivity index (χ2v) is 7.08. The Kier molecular flexibility index (Phi) is 5.55. The molecule has 4 nitrogen and oxygen atoms in total. The number of pyridine rings is 1. The maximum atomic E-state index is 12.0. The Balaban J connectivity index is 2.08. The summed E-state index contributed by atoms with van der Waals surface area (Å²) in [5, 5.41) is 10.9. The van der Waals surface area contributed by atoms with Gasteiger partial charge >= 0.3 is 5.97 Å². The molecule has 0 aliphatic heterocycles. The van der Waals surface area contributed by atoms with Crippen LogP contribution in [0.2, 0.25) is 0 Å². The van der Waals surface area contributed by atoms with Gasteiger partial charge < -0.3 is 4.74 Å². The van der Waals surface area contributed by atoms with Crippen molar-refractivity contribution in [1.29, 1.82) is 5.26 Å². The van der Waals surface area contributed by atoms with Crippen LogP contribution in [0.4, 0.5) is 0 Å². The number of rotatable bonds is 5. The van der Waals surface area contributed by atoms with Crippen LogP contribution in [0.1, 0.15) is 19.4 Å². The van der Waals surface area contributed by atoms with E-state index >= 15 is 0 Å². The van der Waals surface area contributed by atoms with Crippen LogP contribution in [-0.4, -0.2) is 22.8 Å². The molecule has 1 aromatic heterocycles. The van der Waals surface area contributed by atoms with Crippen LogP contribution in [0.15, 0.2) is 59.8 Å². The molecule has 130 valence electrons. The lowest BCUT2D eigenvalue weighted by atomic mass is 9.96. The summed E-state index contributed by atoms with van der Waals surface area (Å²) >= 11 is 1.45. The van der Waals surface area contributed by atoms with Crippen LogP contribution in [0.3, 0.4) is 0 Å². The summed E-state index contributed by atoms with van der Waals surface area (Å²) in [4.78, 5) is 17.2. The number of nitriles is 1. The first-order valence-electron chi connectivity index (χ1n) is 8.35. The highest BCUT2D eigenvalue weighted by Gasteiger charge is 2.19. The van der Waals surface area contributed by atoms with E-state index in [4.69, 9.17) is 4.74 Å². The van der Waals surface area contributed by atoms with E-state index in [0.29, 0.717) is 12.2 Å². The fraction of sp³-hybridized carbons (Fsp3) is 0.190. The standard InChI is InChI=1S/C21H18N2O2S/c1-3-25-21(24)14(2)26-20-10-11-23-13-19(20)18-9-8-15(12-22)16-6-4-5-7-17(16)18/h4-11,13-14H,3H2,1-2H3. The first kappa shape index (κ1) is 18.0. The van der Waals surface area contributed by atoms with Gasteiger partial charge in [0.2, 0.25) is 0 Å². The van der Waals surface area contributed by atoms with Crippen molar-refractivity contribution in [1.82, 2.24) is 4.98 Å². The summed E-state index contributed by atoms with van der Waals surface area (Å²) in [7, 11) is 0. The first-order valence-corrected chi connectivity index (χ1v) is 9.23. The number of carbonyl (C=O) groups is 1. The summed E-state index contributed by atoms with van der Waals surface area (Å²) in [6.07, 6.45) is 3.52. The lowest BCUT2D eigenvalue weighted by Crippen LogP contribution is -2.16. The topological polar surface area (TPSA) is 63.0 Å². The van der Waals surface area contributed by atoms with Gasteiger partial charge in [0.1, 0.15) is 5.25 Å². The number of aromatic nitrogens is 1. The fourth-order valence-electron chi connectivity index (χ4n) is 2.82. The maximum absolute atomic E-state index is 12.0. The molecule has 26 heavy (non-hydrogen) atoms. The lowest BCUT2D eigenvalue weighted by Gasteiger charge is -2.15. The molecule has 0 saturated carbocycles. The Bertz CT molecular complexity index is 995. The Hall–Kier alpha value is -2.84. The number of nitrogens with zero attached hydrogens (tertiary/aromatic N) is 2. The minimum absolute atomic E-state index is 0.232. The number of fused-ring (bicyclic) bond motifs is 1. The van der Waals surface area contributed by atoms with Crippen LogP contribution < -0.4 is 0 Å². The Morgan fingerprint density at radius 3 is 2.69 bits per heavy atom. The van der Waals surface area contributed by atoms with Gasteiger partial charge in [-0.15, -0.1) is 11.8 Å². The minimum Gasteiger partial charge on any atom is -0.465 e. The molecule has 0 aliphatic rings. The Morgan fingerprint density at radius 1 is 1.19 bits per heavy atom. The van der Waals surface area contributed by atoms with Gasteiger partial charge in [0.15, 0.2) is 0 Å². The highest BCUT2D eigenvalue weighted by Crippen LogP contribution is 2.37. The second-order valence-electron chi connectivity index (χ2n) is 5.70. The second kappa shape index (κ2) is 8.03. The Labute approximate surface area is 156 Å². The zero-order valence-electron chi connectivity index (χ0n) is 14.6. The van der Waals surface area contributed by atoms with Crippen LogP contribution in [-0.2, 0) is 9.53 Å². The van der Waals surface area contributed by atoms with Crippen LogP contribution in [0.25, 0.3) is 21.9 Å². The van der Waals surface area contributed by atoms with Crippen molar-refractivity contribution in [3.05, 3.63) is 60.4 Å². The summed E-state index contributed by atoms with van der Waals surface area (Å²) in [5.41, 5.74) is 2.57. The van der Waals surface area contributed by atoms with Gasteiger partial charge in [0, 0.05) is 28.2 Å². The predicted molar refractivity (Wildman–Crippen MR) is 104 cm³/mol. The summed E-state index contributed by atoms with van der Waals surface area (Å²) in [6.45, 7) is 4.01. The zero-order valence-corrected chi connectivity index (χ0v) is 15.4. The van der Waals surface area contributed by atoms with E-state index in [1.165, 1.54) is 11.8 Å². The van der Waals surface area contributed by atoms with Gasteiger partial charge in [-0.3, -0.25) is 9.78 Å². The molecule has 1 atom stereocenters. The SMILES string of the molecule is CCOC(=O)C(C)Sc1ccncc1-c1ccc(C#N)c2ccccc12. The minimum atomic E-state index is -0.319. The number of thioether (sulfide) groups is 1. The molecule has 0 saturated heterocycles. The van der Waals surface area contributed by atoms with Gasteiger partial charge in [-0.25, -0.2) is 0 Å². The van der Waals surface area contributed by atoms with Crippen LogP contribution in [0, 0.1) is 11.3 Å². The molecule has 3 aromatic rings. The maximum Gasteiger partial charge on any atom is 0.319 e. The third kappa shape index (κ3) is 3.56. The molecule has 0 radical (unpaired) electrons. The first-order chi connectivity index (χ1) is 12.7.